The number of rotatable bonds is 6. The highest BCUT2D eigenvalue weighted by atomic mass is 19.4. The van der Waals surface area contributed by atoms with Gasteiger partial charge >= 0.3 is 6.36 Å². The number of nitrogens with zero attached hydrogens (tertiary/aromatic N) is 1. The topological polar surface area (TPSA) is 82.7 Å². The number of hydrogen-bond acceptors (Lipinski definition) is 5. The van der Waals surface area contributed by atoms with Crippen LogP contribution in [0.25, 0.3) is 0 Å². The first-order chi connectivity index (χ1) is 13.0. The highest BCUT2D eigenvalue weighted by Gasteiger charge is 2.34. The molecule has 0 bridgehead atoms. The molecule has 11 heteroatoms. The van der Waals surface area contributed by atoms with Crippen molar-refractivity contribution in [3.05, 3.63) is 29.6 Å². The fourth-order valence-electron chi connectivity index (χ4n) is 2.77. The lowest BCUT2D eigenvalue weighted by Crippen LogP contribution is -2.65. The van der Waals surface area contributed by atoms with E-state index in [1.807, 2.05) is 0 Å². The minimum absolute atomic E-state index is 0.0701. The molecule has 1 aliphatic rings. The first kappa shape index (κ1) is 21.9. The Morgan fingerprint density at radius 1 is 1.39 bits per heavy atom. The molecule has 7 nitrogen and oxygen atoms in total. The van der Waals surface area contributed by atoms with Crippen LogP contribution in [0.2, 0.25) is 0 Å². The molecule has 2 unspecified atom stereocenters. The van der Waals surface area contributed by atoms with Crippen LogP contribution in [0.4, 0.5) is 17.6 Å². The van der Waals surface area contributed by atoms with Crippen molar-refractivity contribution in [2.24, 2.45) is 0 Å². The fraction of sp³-hybridized carbons (Fsp3) is 0.529. The van der Waals surface area contributed by atoms with Gasteiger partial charge in [-0.3, -0.25) is 19.8 Å². The van der Waals surface area contributed by atoms with E-state index in [9.17, 15) is 27.2 Å². The molecule has 0 aromatic heterocycles. The Kier molecular flexibility index (Phi) is 6.83. The molecule has 1 heterocycles. The highest BCUT2D eigenvalue weighted by molar-refractivity contribution is 5.89. The van der Waals surface area contributed by atoms with Crippen LogP contribution in [0.5, 0.6) is 5.75 Å². The van der Waals surface area contributed by atoms with Gasteiger partial charge in [0.2, 0.25) is 11.8 Å². The zero-order valence-corrected chi connectivity index (χ0v) is 15.6. The summed E-state index contributed by atoms with van der Waals surface area (Å²) in [5, 5.41) is 8.34. The molecule has 0 saturated carbocycles. The van der Waals surface area contributed by atoms with Crippen LogP contribution in [0, 0.1) is 5.82 Å². The number of alkyl halides is 3. The van der Waals surface area contributed by atoms with E-state index in [2.05, 4.69) is 20.7 Å². The number of hydrogen-bond donors (Lipinski definition) is 3. The molecule has 1 saturated heterocycles. The van der Waals surface area contributed by atoms with Crippen molar-refractivity contribution >= 4 is 11.8 Å². The Labute approximate surface area is 159 Å². The normalized spacial score (nSPS) is 21.2. The van der Waals surface area contributed by atoms with Crippen LogP contribution in [0.15, 0.2) is 18.2 Å². The molecule has 1 fully saturated rings. The van der Waals surface area contributed by atoms with E-state index in [1.165, 1.54) is 6.07 Å². The number of ether oxygens (including phenoxy) is 1. The number of amides is 2. The number of benzene rings is 1. The second kappa shape index (κ2) is 8.74. The molecule has 0 radical (unpaired) electrons. The summed E-state index contributed by atoms with van der Waals surface area (Å²) in [5.74, 6) is -2.91. The van der Waals surface area contributed by atoms with E-state index in [0.29, 0.717) is 6.42 Å². The van der Waals surface area contributed by atoms with Crippen LogP contribution in [0.1, 0.15) is 31.4 Å². The van der Waals surface area contributed by atoms with Gasteiger partial charge in [-0.05, 0) is 38.2 Å². The second-order valence-corrected chi connectivity index (χ2v) is 6.56. The monoisotopic (exact) mass is 406 g/mol. The fourth-order valence-corrected chi connectivity index (χ4v) is 2.77. The van der Waals surface area contributed by atoms with Gasteiger partial charge in [-0.2, -0.15) is 0 Å². The molecule has 3 atom stereocenters. The van der Waals surface area contributed by atoms with Gasteiger partial charge in [0.15, 0.2) is 11.6 Å². The van der Waals surface area contributed by atoms with Gasteiger partial charge < -0.3 is 15.4 Å². The minimum atomic E-state index is -5.00. The molecule has 1 aromatic carbocycles. The molecule has 1 aliphatic heterocycles. The number of halogens is 4. The maximum Gasteiger partial charge on any atom is 0.573 e. The van der Waals surface area contributed by atoms with Crippen LogP contribution in [-0.4, -0.2) is 49.5 Å². The molecule has 3 N–H and O–H groups in total. The summed E-state index contributed by atoms with van der Waals surface area (Å²) in [6, 6.07) is 1.56. The molecule has 0 spiro atoms. The SMILES string of the molecule is CC[C@@H](NC(=O)C1CC(=O)NC(N(C)C)N1)c1ccc(OC(F)(F)F)c(F)c1. The first-order valence-electron chi connectivity index (χ1n) is 8.57. The molecular weight excluding hydrogens is 384 g/mol. The van der Waals surface area contributed by atoms with Crippen molar-refractivity contribution in [2.75, 3.05) is 14.1 Å². The molecular formula is C17H22F4N4O3. The highest BCUT2D eigenvalue weighted by Crippen LogP contribution is 2.28. The Morgan fingerprint density at radius 2 is 2.07 bits per heavy atom. The summed E-state index contributed by atoms with van der Waals surface area (Å²) >= 11 is 0. The van der Waals surface area contributed by atoms with E-state index in [1.54, 1.807) is 25.9 Å². The van der Waals surface area contributed by atoms with Crippen molar-refractivity contribution in [1.82, 2.24) is 20.9 Å². The number of carbonyl (C=O) groups excluding carboxylic acids is 2. The van der Waals surface area contributed by atoms with Gasteiger partial charge in [-0.25, -0.2) is 4.39 Å². The van der Waals surface area contributed by atoms with Gasteiger partial charge in [0.05, 0.1) is 18.5 Å². The smallest absolute Gasteiger partial charge is 0.403 e. The van der Waals surface area contributed by atoms with E-state index in [-0.39, 0.29) is 17.9 Å². The van der Waals surface area contributed by atoms with Crippen LogP contribution < -0.4 is 20.7 Å². The van der Waals surface area contributed by atoms with E-state index >= 15 is 0 Å². The first-order valence-corrected chi connectivity index (χ1v) is 8.57. The third-order valence-electron chi connectivity index (χ3n) is 4.19. The van der Waals surface area contributed by atoms with Crippen molar-refractivity contribution < 1.29 is 31.9 Å². The van der Waals surface area contributed by atoms with Crippen LogP contribution >= 0.6 is 0 Å². The molecule has 2 rings (SSSR count). The average molecular weight is 406 g/mol. The minimum Gasteiger partial charge on any atom is -0.403 e. The third kappa shape index (κ3) is 5.80. The van der Waals surface area contributed by atoms with E-state index in [0.717, 1.165) is 12.1 Å². The Morgan fingerprint density at radius 3 is 2.61 bits per heavy atom. The zero-order valence-electron chi connectivity index (χ0n) is 15.6. The average Bonchev–Trinajstić information content (AvgIpc) is 2.59. The van der Waals surface area contributed by atoms with E-state index in [4.69, 9.17) is 0 Å². The predicted octanol–water partition coefficient (Wildman–Crippen LogP) is 1.61. The summed E-state index contributed by atoms with van der Waals surface area (Å²) < 4.78 is 54.3. The lowest BCUT2D eigenvalue weighted by atomic mass is 10.0. The summed E-state index contributed by atoms with van der Waals surface area (Å²) in [4.78, 5) is 26.0. The standard InChI is InChI=1S/C17H22F4N4O3/c1-4-11(9-5-6-13(10(18)7-9)28-17(19,20)21)22-15(27)12-8-14(26)24-16(23-12)25(2)3/h5-7,11-12,16,23H,4,8H2,1-3H3,(H,22,27)(H,24,26)/t11-,12?,16?/m1/s1. The van der Waals surface area contributed by atoms with E-state index < -0.39 is 42.2 Å². The lowest BCUT2D eigenvalue weighted by Gasteiger charge is -2.35. The predicted molar refractivity (Wildman–Crippen MR) is 91.4 cm³/mol. The van der Waals surface area contributed by atoms with Crippen LogP contribution in [0.3, 0.4) is 0 Å². The number of nitrogens with one attached hydrogen (secondary N) is 3. The van der Waals surface area contributed by atoms with Gasteiger partial charge in [0, 0.05) is 0 Å². The summed E-state index contributed by atoms with van der Waals surface area (Å²) in [5.41, 5.74) is 0.285. The summed E-state index contributed by atoms with van der Waals surface area (Å²) in [7, 11) is 3.45. The van der Waals surface area contributed by atoms with Crippen molar-refractivity contribution in [3.8, 4) is 5.75 Å². The quantitative estimate of drug-likeness (QED) is 0.626. The summed E-state index contributed by atoms with van der Waals surface area (Å²) in [6.45, 7) is 1.73. The zero-order chi connectivity index (χ0) is 21.1. The molecule has 2 amide bonds. The molecule has 1 aromatic rings. The van der Waals surface area contributed by atoms with Crippen LogP contribution in [-0.2, 0) is 9.59 Å². The van der Waals surface area contributed by atoms with Gasteiger partial charge in [-0.1, -0.05) is 13.0 Å². The van der Waals surface area contributed by atoms with Gasteiger partial charge in [0.25, 0.3) is 0 Å². The van der Waals surface area contributed by atoms with Crippen molar-refractivity contribution in [3.63, 3.8) is 0 Å². The maximum absolute atomic E-state index is 14.0. The third-order valence-corrected chi connectivity index (χ3v) is 4.19. The molecule has 28 heavy (non-hydrogen) atoms. The molecule has 156 valence electrons. The van der Waals surface area contributed by atoms with Crippen molar-refractivity contribution in [2.45, 2.75) is 44.5 Å². The Bertz CT molecular complexity index is 727. The Balaban J connectivity index is 2.10. The van der Waals surface area contributed by atoms with Gasteiger partial charge in [-0.15, -0.1) is 13.2 Å². The Hall–Kier alpha value is -2.40. The largest absolute Gasteiger partial charge is 0.573 e. The molecule has 0 aliphatic carbocycles. The summed E-state index contributed by atoms with van der Waals surface area (Å²) in [6.07, 6.45) is -5.23. The van der Waals surface area contributed by atoms with Crippen molar-refractivity contribution in [1.29, 1.82) is 0 Å². The maximum atomic E-state index is 14.0. The number of carbonyl (C=O) groups is 2. The lowest BCUT2D eigenvalue weighted by molar-refractivity contribution is -0.275. The van der Waals surface area contributed by atoms with Gasteiger partial charge in [0.1, 0.15) is 6.29 Å². The second-order valence-electron chi connectivity index (χ2n) is 6.56.